The van der Waals surface area contributed by atoms with Crippen molar-refractivity contribution in [3.05, 3.63) is 25.3 Å². The van der Waals surface area contributed by atoms with E-state index in [9.17, 15) is 19.2 Å². The summed E-state index contributed by atoms with van der Waals surface area (Å²) < 4.78 is 26.5. The van der Waals surface area contributed by atoms with E-state index in [1.54, 1.807) is 0 Å². The molecule has 1 heterocycles. The predicted molar refractivity (Wildman–Crippen MR) is 114 cm³/mol. The number of unbranched alkanes of at least 4 members (excludes halogenated alkanes) is 2. The van der Waals surface area contributed by atoms with Gasteiger partial charge in [-0.3, -0.25) is 9.59 Å². The Morgan fingerprint density at radius 1 is 0.844 bits per heavy atom. The summed E-state index contributed by atoms with van der Waals surface area (Å²) in [6.07, 6.45) is 4.45. The SMILES string of the molecule is C=CC(=O)OCCCCC(=O)O[C@H]1CC(CC)OC[C@H]1OC(=O)CCCCOC(=O)C=C. The van der Waals surface area contributed by atoms with Crippen LogP contribution in [0.3, 0.4) is 0 Å². The highest BCUT2D eigenvalue weighted by atomic mass is 16.6. The van der Waals surface area contributed by atoms with Crippen LogP contribution in [0.1, 0.15) is 58.3 Å². The maximum atomic E-state index is 12.2. The van der Waals surface area contributed by atoms with Gasteiger partial charge in [0.05, 0.1) is 25.9 Å². The molecule has 9 nitrogen and oxygen atoms in total. The minimum Gasteiger partial charge on any atom is -0.463 e. The Balaban J connectivity index is 2.39. The molecule has 1 rings (SSSR count). The van der Waals surface area contributed by atoms with Crippen LogP contribution < -0.4 is 0 Å². The Hall–Kier alpha value is -2.68. The summed E-state index contributed by atoms with van der Waals surface area (Å²) in [4.78, 5) is 46.4. The van der Waals surface area contributed by atoms with Crippen molar-refractivity contribution in [1.82, 2.24) is 0 Å². The van der Waals surface area contributed by atoms with Gasteiger partial charge >= 0.3 is 23.9 Å². The van der Waals surface area contributed by atoms with Gasteiger partial charge < -0.3 is 23.7 Å². The number of carbonyl (C=O) groups is 4. The summed E-state index contributed by atoms with van der Waals surface area (Å²) in [6.45, 7) is 9.17. The van der Waals surface area contributed by atoms with Crippen molar-refractivity contribution in [2.45, 2.75) is 76.6 Å². The van der Waals surface area contributed by atoms with E-state index in [0.29, 0.717) is 32.1 Å². The second kappa shape index (κ2) is 16.0. The van der Waals surface area contributed by atoms with E-state index in [4.69, 9.17) is 23.7 Å². The number of hydrogen-bond acceptors (Lipinski definition) is 9. The number of hydrogen-bond donors (Lipinski definition) is 0. The van der Waals surface area contributed by atoms with E-state index < -0.39 is 36.1 Å². The Morgan fingerprint density at radius 3 is 1.81 bits per heavy atom. The van der Waals surface area contributed by atoms with Gasteiger partial charge in [0.15, 0.2) is 6.10 Å². The Kier molecular flexibility index (Phi) is 13.7. The van der Waals surface area contributed by atoms with E-state index >= 15 is 0 Å². The predicted octanol–water partition coefficient (Wildman–Crippen LogP) is 2.81. The molecule has 0 N–H and O–H groups in total. The van der Waals surface area contributed by atoms with Gasteiger partial charge in [-0.2, -0.15) is 0 Å². The molecular formula is C23H34O9. The molecule has 1 unspecified atom stereocenters. The third-order valence-electron chi connectivity index (χ3n) is 4.80. The number of carbonyl (C=O) groups excluding carboxylic acids is 4. The van der Waals surface area contributed by atoms with Gasteiger partial charge in [-0.1, -0.05) is 20.1 Å². The quantitative estimate of drug-likeness (QED) is 0.159. The zero-order valence-corrected chi connectivity index (χ0v) is 18.8. The summed E-state index contributed by atoms with van der Waals surface area (Å²) >= 11 is 0. The number of esters is 4. The van der Waals surface area contributed by atoms with E-state index in [0.717, 1.165) is 18.6 Å². The molecule has 1 saturated heterocycles. The van der Waals surface area contributed by atoms with Crippen molar-refractivity contribution in [2.75, 3.05) is 19.8 Å². The highest BCUT2D eigenvalue weighted by molar-refractivity contribution is 5.81. The van der Waals surface area contributed by atoms with Crippen LogP contribution in [0.15, 0.2) is 25.3 Å². The van der Waals surface area contributed by atoms with Crippen LogP contribution >= 0.6 is 0 Å². The third kappa shape index (κ3) is 11.6. The molecule has 0 aromatic carbocycles. The molecule has 32 heavy (non-hydrogen) atoms. The molecule has 0 aromatic heterocycles. The maximum Gasteiger partial charge on any atom is 0.330 e. The Morgan fingerprint density at radius 2 is 1.34 bits per heavy atom. The first-order chi connectivity index (χ1) is 15.4. The lowest BCUT2D eigenvalue weighted by Crippen LogP contribution is -2.46. The molecular weight excluding hydrogens is 420 g/mol. The first-order valence-electron chi connectivity index (χ1n) is 11.0. The molecule has 1 aliphatic rings. The second-order valence-corrected chi connectivity index (χ2v) is 7.31. The average molecular weight is 455 g/mol. The van der Waals surface area contributed by atoms with Crippen molar-refractivity contribution in [3.63, 3.8) is 0 Å². The lowest BCUT2D eigenvalue weighted by molar-refractivity contribution is -0.190. The van der Waals surface area contributed by atoms with E-state index in [2.05, 4.69) is 13.2 Å². The van der Waals surface area contributed by atoms with Gasteiger partial charge in [0, 0.05) is 31.4 Å². The van der Waals surface area contributed by atoms with Crippen molar-refractivity contribution in [3.8, 4) is 0 Å². The van der Waals surface area contributed by atoms with Crippen molar-refractivity contribution in [2.24, 2.45) is 0 Å². The molecule has 9 heteroatoms. The summed E-state index contributed by atoms with van der Waals surface area (Å²) in [7, 11) is 0. The van der Waals surface area contributed by atoms with Crippen LogP contribution in [0.2, 0.25) is 0 Å². The van der Waals surface area contributed by atoms with Gasteiger partial charge in [0.2, 0.25) is 0 Å². The van der Waals surface area contributed by atoms with Crippen LogP contribution in [-0.4, -0.2) is 62.0 Å². The van der Waals surface area contributed by atoms with Crippen LogP contribution in [-0.2, 0) is 42.9 Å². The fourth-order valence-corrected chi connectivity index (χ4v) is 3.00. The third-order valence-corrected chi connectivity index (χ3v) is 4.80. The van der Waals surface area contributed by atoms with Crippen molar-refractivity contribution < 1.29 is 42.9 Å². The molecule has 0 spiro atoms. The zero-order valence-electron chi connectivity index (χ0n) is 18.8. The zero-order chi connectivity index (χ0) is 23.8. The molecule has 0 aromatic rings. The topological polar surface area (TPSA) is 114 Å². The van der Waals surface area contributed by atoms with Gasteiger partial charge in [-0.25, -0.2) is 9.59 Å². The molecule has 180 valence electrons. The molecule has 3 atom stereocenters. The Labute approximate surface area is 189 Å². The first kappa shape index (κ1) is 27.4. The Bertz CT molecular complexity index is 643. The van der Waals surface area contributed by atoms with E-state index in [-0.39, 0.29) is 38.8 Å². The summed E-state index contributed by atoms with van der Waals surface area (Å²) in [5.41, 5.74) is 0. The normalized spacial score (nSPS) is 20.0. The minimum atomic E-state index is -0.665. The minimum absolute atomic E-state index is 0.0689. The number of rotatable bonds is 15. The molecule has 1 fully saturated rings. The van der Waals surface area contributed by atoms with Crippen LogP contribution in [0.5, 0.6) is 0 Å². The van der Waals surface area contributed by atoms with Crippen LogP contribution in [0, 0.1) is 0 Å². The first-order valence-corrected chi connectivity index (χ1v) is 11.0. The van der Waals surface area contributed by atoms with Gasteiger partial charge in [0.25, 0.3) is 0 Å². The molecule has 0 saturated carbocycles. The van der Waals surface area contributed by atoms with E-state index in [1.807, 2.05) is 6.92 Å². The second-order valence-electron chi connectivity index (χ2n) is 7.31. The molecule has 0 bridgehead atoms. The summed E-state index contributed by atoms with van der Waals surface area (Å²) in [6, 6.07) is 0. The van der Waals surface area contributed by atoms with Crippen LogP contribution in [0.25, 0.3) is 0 Å². The van der Waals surface area contributed by atoms with E-state index in [1.165, 1.54) is 0 Å². The van der Waals surface area contributed by atoms with Crippen LogP contribution in [0.4, 0.5) is 0 Å². The molecule has 0 radical (unpaired) electrons. The van der Waals surface area contributed by atoms with Gasteiger partial charge in [0.1, 0.15) is 6.10 Å². The fraction of sp³-hybridized carbons (Fsp3) is 0.652. The number of ether oxygens (including phenoxy) is 5. The summed E-state index contributed by atoms with van der Waals surface area (Å²) in [5.74, 6) is -1.82. The van der Waals surface area contributed by atoms with Gasteiger partial charge in [-0.15, -0.1) is 0 Å². The standard InChI is InChI=1S/C23H34O9/c1-4-17-15-18(31-22(26)11-7-9-13-28-20(24)5-2)19(16-30-17)32-23(27)12-8-10-14-29-21(25)6-3/h5-6,17-19H,2-4,7-16H2,1H3/t17?,18-,19+/m0/s1. The smallest absolute Gasteiger partial charge is 0.330 e. The van der Waals surface area contributed by atoms with Crippen molar-refractivity contribution >= 4 is 23.9 Å². The lowest BCUT2D eigenvalue weighted by atomic mass is 10.0. The highest BCUT2D eigenvalue weighted by Crippen LogP contribution is 2.23. The average Bonchev–Trinajstić information content (AvgIpc) is 2.79. The lowest BCUT2D eigenvalue weighted by Gasteiger charge is -2.35. The summed E-state index contributed by atoms with van der Waals surface area (Å²) in [5, 5.41) is 0. The molecule has 1 aliphatic heterocycles. The highest BCUT2D eigenvalue weighted by Gasteiger charge is 2.35. The fourth-order valence-electron chi connectivity index (χ4n) is 3.00. The van der Waals surface area contributed by atoms with Crippen molar-refractivity contribution in [1.29, 1.82) is 0 Å². The largest absolute Gasteiger partial charge is 0.463 e. The molecule has 0 aliphatic carbocycles. The molecule has 0 amide bonds. The maximum absolute atomic E-state index is 12.2. The van der Waals surface area contributed by atoms with Gasteiger partial charge in [-0.05, 0) is 32.1 Å². The monoisotopic (exact) mass is 454 g/mol.